The zero-order valence-corrected chi connectivity index (χ0v) is 16.2. The molecule has 29 heavy (non-hydrogen) atoms. The van der Waals surface area contributed by atoms with E-state index in [0.717, 1.165) is 5.56 Å². The van der Waals surface area contributed by atoms with Gasteiger partial charge in [-0.3, -0.25) is 9.40 Å². The number of hydrogen-bond donors (Lipinski definition) is 1. The molecule has 1 aromatic heterocycles. The molecular weight excluding hydrogens is 389 g/mol. The topological polar surface area (TPSA) is 64.0 Å². The van der Waals surface area contributed by atoms with Gasteiger partial charge in [0.2, 0.25) is 0 Å². The molecule has 1 N–H and O–H groups in total. The maximum absolute atomic E-state index is 13.1. The third-order valence-corrected chi connectivity index (χ3v) is 5.73. The van der Waals surface area contributed by atoms with E-state index in [4.69, 9.17) is 0 Å². The highest BCUT2D eigenvalue weighted by molar-refractivity contribution is 7.92. The Morgan fingerprint density at radius 1 is 0.862 bits per heavy atom. The Kier molecular flexibility index (Phi) is 5.14. The van der Waals surface area contributed by atoms with Crippen molar-refractivity contribution < 1.29 is 12.8 Å². The molecule has 1 heterocycles. The van der Waals surface area contributed by atoms with Crippen LogP contribution < -0.4 is 4.72 Å². The van der Waals surface area contributed by atoms with E-state index in [1.807, 2.05) is 60.7 Å². The molecule has 4 rings (SSSR count). The predicted octanol–water partition coefficient (Wildman–Crippen LogP) is 4.54. The van der Waals surface area contributed by atoms with E-state index < -0.39 is 15.8 Å². The van der Waals surface area contributed by atoms with Crippen molar-refractivity contribution in [3.8, 4) is 11.3 Å². The van der Waals surface area contributed by atoms with Crippen LogP contribution in [0.15, 0.2) is 96.0 Å². The molecule has 0 atom stereocenters. The Morgan fingerprint density at radius 3 is 2.14 bits per heavy atom. The van der Waals surface area contributed by atoms with Gasteiger partial charge in [-0.15, -0.1) is 0 Å². The van der Waals surface area contributed by atoms with E-state index in [9.17, 15) is 12.8 Å². The molecule has 0 radical (unpaired) electrons. The number of nitrogens with zero attached hydrogens (tertiary/aromatic N) is 2. The first kappa shape index (κ1) is 18.9. The zero-order chi connectivity index (χ0) is 20.3. The summed E-state index contributed by atoms with van der Waals surface area (Å²) in [4.78, 5) is 0.0592. The predicted molar refractivity (Wildman–Crippen MR) is 110 cm³/mol. The van der Waals surface area contributed by atoms with Crippen LogP contribution in [0.3, 0.4) is 0 Å². The second kappa shape index (κ2) is 7.89. The monoisotopic (exact) mass is 407 g/mol. The van der Waals surface area contributed by atoms with Gasteiger partial charge in [0.1, 0.15) is 16.4 Å². The first-order chi connectivity index (χ1) is 14.0. The summed E-state index contributed by atoms with van der Waals surface area (Å²) >= 11 is 0. The van der Waals surface area contributed by atoms with Crippen LogP contribution in [0.1, 0.15) is 5.56 Å². The smallest absolute Gasteiger partial charge is 0.265 e. The fourth-order valence-electron chi connectivity index (χ4n) is 2.98. The first-order valence-electron chi connectivity index (χ1n) is 8.96. The second-order valence-electron chi connectivity index (χ2n) is 6.50. The molecule has 7 heteroatoms. The molecule has 0 aliphatic carbocycles. The van der Waals surface area contributed by atoms with Crippen molar-refractivity contribution in [2.75, 3.05) is 4.72 Å². The summed E-state index contributed by atoms with van der Waals surface area (Å²) in [5, 5.41) is 4.54. The van der Waals surface area contributed by atoms with Gasteiger partial charge in [0, 0.05) is 17.4 Å². The average molecular weight is 407 g/mol. The summed E-state index contributed by atoms with van der Waals surface area (Å²) in [6.07, 6.45) is 1.52. The van der Waals surface area contributed by atoms with Gasteiger partial charge in [0.05, 0.1) is 6.54 Å². The van der Waals surface area contributed by atoms with E-state index >= 15 is 0 Å². The average Bonchev–Trinajstić information content (AvgIpc) is 3.16. The third kappa shape index (κ3) is 4.35. The number of aromatic nitrogens is 2. The largest absolute Gasteiger partial charge is 0.280 e. The molecule has 0 unspecified atom stereocenters. The van der Waals surface area contributed by atoms with Crippen LogP contribution in [0.4, 0.5) is 10.1 Å². The Labute approximate surface area is 168 Å². The lowest BCUT2D eigenvalue weighted by molar-refractivity contribution is 0.600. The highest BCUT2D eigenvalue weighted by Gasteiger charge is 2.24. The molecule has 0 amide bonds. The van der Waals surface area contributed by atoms with Gasteiger partial charge < -0.3 is 0 Å². The maximum Gasteiger partial charge on any atom is 0.265 e. The summed E-state index contributed by atoms with van der Waals surface area (Å²) in [5.74, 6) is -0.436. The zero-order valence-electron chi connectivity index (χ0n) is 15.4. The lowest BCUT2D eigenvalue weighted by Gasteiger charge is -2.08. The molecule has 0 aliphatic rings. The number of sulfonamides is 1. The van der Waals surface area contributed by atoms with Gasteiger partial charge in [0.25, 0.3) is 10.0 Å². The molecule has 3 aromatic carbocycles. The van der Waals surface area contributed by atoms with Crippen LogP contribution in [0, 0.1) is 5.82 Å². The summed E-state index contributed by atoms with van der Waals surface area (Å²) in [6, 6.07) is 24.0. The normalized spacial score (nSPS) is 11.3. The molecular formula is C22H18FN3O2S. The standard InChI is InChI=1S/C22H18FN3O2S/c23-19-11-13-20(14-12-19)25-29(27,28)21-16-26(15-17-7-3-1-4-8-17)24-22(21)18-9-5-2-6-10-18/h1-14,16,25H,15H2. The highest BCUT2D eigenvalue weighted by atomic mass is 32.2. The lowest BCUT2D eigenvalue weighted by atomic mass is 10.2. The molecule has 146 valence electrons. The SMILES string of the molecule is O=S(=O)(Nc1ccc(F)cc1)c1cn(Cc2ccccc2)nc1-c1ccccc1. The maximum atomic E-state index is 13.1. The van der Waals surface area contributed by atoms with E-state index in [0.29, 0.717) is 17.8 Å². The van der Waals surface area contributed by atoms with Crippen LogP contribution in [-0.2, 0) is 16.6 Å². The number of halogens is 1. The minimum Gasteiger partial charge on any atom is -0.280 e. The van der Waals surface area contributed by atoms with E-state index in [-0.39, 0.29) is 10.6 Å². The molecule has 0 fully saturated rings. The van der Waals surface area contributed by atoms with Crippen molar-refractivity contribution in [1.82, 2.24) is 9.78 Å². The van der Waals surface area contributed by atoms with E-state index in [1.165, 1.54) is 30.5 Å². The Morgan fingerprint density at radius 2 is 1.48 bits per heavy atom. The van der Waals surface area contributed by atoms with Crippen molar-refractivity contribution in [1.29, 1.82) is 0 Å². The first-order valence-corrected chi connectivity index (χ1v) is 10.4. The minimum atomic E-state index is -3.93. The van der Waals surface area contributed by atoms with Crippen molar-refractivity contribution in [3.05, 3.63) is 103 Å². The molecule has 4 aromatic rings. The number of hydrogen-bond acceptors (Lipinski definition) is 3. The minimum absolute atomic E-state index is 0.0592. The quantitative estimate of drug-likeness (QED) is 0.510. The van der Waals surface area contributed by atoms with E-state index in [2.05, 4.69) is 9.82 Å². The van der Waals surface area contributed by atoms with Crippen molar-refractivity contribution >= 4 is 15.7 Å². The van der Waals surface area contributed by atoms with Crippen molar-refractivity contribution in [2.45, 2.75) is 11.4 Å². The number of anilines is 1. The van der Waals surface area contributed by atoms with E-state index in [1.54, 1.807) is 4.68 Å². The molecule has 0 aliphatic heterocycles. The molecule has 0 saturated carbocycles. The summed E-state index contributed by atoms with van der Waals surface area (Å²) in [6.45, 7) is 0.437. The molecule has 0 spiro atoms. The summed E-state index contributed by atoms with van der Waals surface area (Å²) < 4.78 is 43.4. The number of benzene rings is 3. The second-order valence-corrected chi connectivity index (χ2v) is 8.15. The van der Waals surface area contributed by atoms with Crippen LogP contribution in [0.5, 0.6) is 0 Å². The third-order valence-electron chi connectivity index (χ3n) is 4.35. The van der Waals surface area contributed by atoms with Gasteiger partial charge in [-0.1, -0.05) is 60.7 Å². The summed E-state index contributed by atoms with van der Waals surface area (Å²) in [5.41, 5.74) is 2.33. The number of rotatable bonds is 6. The fourth-order valence-corrected chi connectivity index (χ4v) is 4.21. The van der Waals surface area contributed by atoms with Crippen molar-refractivity contribution in [3.63, 3.8) is 0 Å². The molecule has 0 bridgehead atoms. The van der Waals surface area contributed by atoms with Gasteiger partial charge in [-0.05, 0) is 29.8 Å². The van der Waals surface area contributed by atoms with Crippen LogP contribution >= 0.6 is 0 Å². The Bertz CT molecular complexity index is 1210. The van der Waals surface area contributed by atoms with Gasteiger partial charge in [-0.2, -0.15) is 5.10 Å². The Balaban J connectivity index is 1.74. The van der Waals surface area contributed by atoms with Gasteiger partial charge in [-0.25, -0.2) is 12.8 Å². The highest BCUT2D eigenvalue weighted by Crippen LogP contribution is 2.28. The lowest BCUT2D eigenvalue weighted by Crippen LogP contribution is -2.13. The fraction of sp³-hybridized carbons (Fsp3) is 0.0455. The van der Waals surface area contributed by atoms with Crippen LogP contribution in [0.25, 0.3) is 11.3 Å². The van der Waals surface area contributed by atoms with Gasteiger partial charge in [0.15, 0.2) is 0 Å². The van der Waals surface area contributed by atoms with Gasteiger partial charge >= 0.3 is 0 Å². The summed E-state index contributed by atoms with van der Waals surface area (Å²) in [7, 11) is -3.93. The van der Waals surface area contributed by atoms with Crippen LogP contribution in [-0.4, -0.2) is 18.2 Å². The van der Waals surface area contributed by atoms with Crippen LogP contribution in [0.2, 0.25) is 0 Å². The Hall–Kier alpha value is -3.45. The molecule has 0 saturated heterocycles. The molecule has 5 nitrogen and oxygen atoms in total. The number of nitrogens with one attached hydrogen (secondary N) is 1. The van der Waals surface area contributed by atoms with Crippen molar-refractivity contribution in [2.24, 2.45) is 0 Å².